The summed E-state index contributed by atoms with van der Waals surface area (Å²) in [5, 5.41) is 3.47. The summed E-state index contributed by atoms with van der Waals surface area (Å²) in [4.78, 5) is 8.58. The van der Waals surface area contributed by atoms with Gasteiger partial charge in [0.15, 0.2) is 11.6 Å². The van der Waals surface area contributed by atoms with Crippen molar-refractivity contribution in [2.24, 2.45) is 0 Å². The van der Waals surface area contributed by atoms with Crippen molar-refractivity contribution < 1.29 is 0 Å². The number of benzene rings is 1. The van der Waals surface area contributed by atoms with E-state index in [4.69, 9.17) is 17.3 Å². The predicted molar refractivity (Wildman–Crippen MR) is 67.4 cm³/mol. The summed E-state index contributed by atoms with van der Waals surface area (Å²) in [5.41, 5.74) is 7.33. The first-order valence-electron chi connectivity index (χ1n) is 4.76. The first kappa shape index (κ1) is 10.7. The van der Waals surface area contributed by atoms with Crippen LogP contribution < -0.4 is 11.1 Å². The van der Waals surface area contributed by atoms with E-state index in [-0.39, 0.29) is 0 Å². The number of nitrogens with zero attached hydrogens (tertiary/aromatic N) is 2. The zero-order chi connectivity index (χ0) is 11.5. The molecule has 0 radical (unpaired) electrons. The summed E-state index contributed by atoms with van der Waals surface area (Å²) in [6.45, 7) is 3.99. The van der Waals surface area contributed by atoms with Gasteiger partial charge in [-0.1, -0.05) is 30.3 Å². The molecule has 2 aromatic rings. The maximum atomic E-state index is 5.76. The highest BCUT2D eigenvalue weighted by atomic mass is 35.5. The fourth-order valence-electron chi connectivity index (χ4n) is 1.32. The van der Waals surface area contributed by atoms with Crippen LogP contribution in [0.2, 0.25) is 0 Å². The molecule has 3 N–H and O–H groups in total. The fourth-order valence-corrected chi connectivity index (χ4v) is 1.39. The largest absolute Gasteiger partial charge is 0.381 e. The quantitative estimate of drug-likeness (QED) is 0.856. The Balaban J connectivity index is 2.38. The molecule has 82 valence electrons. The van der Waals surface area contributed by atoms with Crippen LogP contribution in [0.1, 0.15) is 0 Å². The molecular weight excluding hydrogens is 224 g/mol. The molecule has 16 heavy (non-hydrogen) atoms. The van der Waals surface area contributed by atoms with E-state index >= 15 is 0 Å². The summed E-state index contributed by atoms with van der Waals surface area (Å²) >= 11 is 5.65. The number of rotatable bonds is 3. The highest BCUT2D eigenvalue weighted by Crippen LogP contribution is 2.18. The van der Waals surface area contributed by atoms with Gasteiger partial charge in [0.1, 0.15) is 0 Å². The Morgan fingerprint density at radius 2 is 1.94 bits per heavy atom. The minimum absolute atomic E-state index is 0.358. The van der Waals surface area contributed by atoms with Gasteiger partial charge >= 0.3 is 0 Å². The Hall–Kier alpha value is -1.81. The van der Waals surface area contributed by atoms with Gasteiger partial charge in [-0.15, -0.1) is 0 Å². The zero-order valence-electron chi connectivity index (χ0n) is 8.57. The highest BCUT2D eigenvalue weighted by Gasteiger charge is 2.04. The van der Waals surface area contributed by atoms with Gasteiger partial charge in [0.2, 0.25) is 0 Å². The van der Waals surface area contributed by atoms with Gasteiger partial charge in [0.25, 0.3) is 0 Å². The average molecular weight is 235 g/mol. The number of nitrogen functional groups attached to an aromatic ring is 1. The van der Waals surface area contributed by atoms with Crippen LogP contribution in [0.5, 0.6) is 0 Å². The molecule has 4 nitrogen and oxygen atoms in total. The summed E-state index contributed by atoms with van der Waals surface area (Å²) in [6.07, 6.45) is 0. The molecule has 1 aromatic carbocycles. The van der Waals surface area contributed by atoms with E-state index in [0.29, 0.717) is 23.2 Å². The van der Waals surface area contributed by atoms with Gasteiger partial charge in [-0.25, -0.2) is 9.97 Å². The van der Waals surface area contributed by atoms with Crippen LogP contribution in [-0.2, 0) is 0 Å². The maximum Gasteiger partial charge on any atom is 0.169 e. The van der Waals surface area contributed by atoms with Crippen molar-refractivity contribution in [3.8, 4) is 0 Å². The molecule has 0 amide bonds. The van der Waals surface area contributed by atoms with E-state index in [1.54, 1.807) is 0 Å². The summed E-state index contributed by atoms with van der Waals surface area (Å²) < 4.78 is 0. The monoisotopic (exact) mass is 234 g/mol. The molecule has 0 fully saturated rings. The number of anilines is 2. The molecule has 5 heteroatoms. The van der Waals surface area contributed by atoms with Crippen LogP contribution in [0.15, 0.2) is 35.9 Å². The lowest BCUT2D eigenvalue weighted by molar-refractivity contribution is 1.21. The third kappa shape index (κ3) is 2.23. The third-order valence-corrected chi connectivity index (χ3v) is 2.18. The van der Waals surface area contributed by atoms with Crippen LogP contribution in [-0.4, -0.2) is 16.5 Å². The zero-order valence-corrected chi connectivity index (χ0v) is 9.33. The molecule has 0 saturated carbocycles. The molecular formula is C11H11ClN4. The number of fused-ring (bicyclic) bond motifs is 1. The predicted octanol–water partition coefficient (Wildman–Crippen LogP) is 2.38. The first-order chi connectivity index (χ1) is 7.66. The van der Waals surface area contributed by atoms with Gasteiger partial charge in [-0.3, -0.25) is 0 Å². The number of para-hydroxylation sites is 2. The van der Waals surface area contributed by atoms with Crippen LogP contribution in [0.25, 0.3) is 11.0 Å². The third-order valence-electron chi connectivity index (χ3n) is 2.05. The van der Waals surface area contributed by atoms with E-state index in [9.17, 15) is 0 Å². The van der Waals surface area contributed by atoms with Crippen molar-refractivity contribution in [3.63, 3.8) is 0 Å². The molecule has 0 unspecified atom stereocenters. The normalized spacial score (nSPS) is 10.3. The number of aromatic nitrogens is 2. The fraction of sp³-hybridized carbons (Fsp3) is 0.0909. The second-order valence-corrected chi connectivity index (χ2v) is 3.85. The first-order valence-corrected chi connectivity index (χ1v) is 5.14. The summed E-state index contributed by atoms with van der Waals surface area (Å²) in [7, 11) is 0. The lowest BCUT2D eigenvalue weighted by atomic mass is 10.3. The second kappa shape index (κ2) is 4.37. The van der Waals surface area contributed by atoms with Crippen molar-refractivity contribution in [2.75, 3.05) is 17.6 Å². The Morgan fingerprint density at radius 1 is 1.31 bits per heavy atom. The van der Waals surface area contributed by atoms with Crippen LogP contribution in [0.3, 0.4) is 0 Å². The summed E-state index contributed by atoms with van der Waals surface area (Å²) in [6, 6.07) is 7.53. The van der Waals surface area contributed by atoms with E-state index in [1.807, 2.05) is 24.3 Å². The Labute approximate surface area is 98.2 Å². The number of nitrogens with one attached hydrogen (secondary N) is 1. The molecule has 0 bridgehead atoms. The van der Waals surface area contributed by atoms with Crippen molar-refractivity contribution in [3.05, 3.63) is 35.9 Å². The van der Waals surface area contributed by atoms with Crippen molar-refractivity contribution in [1.29, 1.82) is 0 Å². The van der Waals surface area contributed by atoms with Crippen molar-refractivity contribution in [1.82, 2.24) is 9.97 Å². The van der Waals surface area contributed by atoms with Gasteiger partial charge in [0, 0.05) is 5.03 Å². The highest BCUT2D eigenvalue weighted by molar-refractivity contribution is 6.29. The van der Waals surface area contributed by atoms with Gasteiger partial charge in [0.05, 0.1) is 17.6 Å². The lowest BCUT2D eigenvalue weighted by Gasteiger charge is -2.07. The average Bonchev–Trinajstić information content (AvgIpc) is 2.26. The van der Waals surface area contributed by atoms with Gasteiger partial charge < -0.3 is 11.1 Å². The standard InChI is InChI=1S/C11H11ClN4/c1-7(12)6-14-11-10(13)15-8-4-2-3-5-9(8)16-11/h2-5H,1,6H2,(H2,13,15)(H,14,16). The molecule has 0 spiro atoms. The van der Waals surface area contributed by atoms with Crippen LogP contribution in [0, 0.1) is 0 Å². The van der Waals surface area contributed by atoms with E-state index < -0.39 is 0 Å². The molecule has 0 saturated heterocycles. The molecule has 0 aliphatic heterocycles. The van der Waals surface area contributed by atoms with E-state index in [1.165, 1.54) is 0 Å². The molecule has 2 rings (SSSR count). The lowest BCUT2D eigenvalue weighted by Crippen LogP contribution is -2.07. The van der Waals surface area contributed by atoms with Crippen molar-refractivity contribution in [2.45, 2.75) is 0 Å². The molecule has 1 heterocycles. The smallest absolute Gasteiger partial charge is 0.169 e. The number of hydrogen-bond acceptors (Lipinski definition) is 4. The van der Waals surface area contributed by atoms with E-state index in [0.717, 1.165) is 11.0 Å². The molecule has 0 aliphatic rings. The van der Waals surface area contributed by atoms with Gasteiger partial charge in [-0.2, -0.15) is 0 Å². The van der Waals surface area contributed by atoms with Crippen LogP contribution >= 0.6 is 11.6 Å². The minimum Gasteiger partial charge on any atom is -0.381 e. The number of hydrogen-bond donors (Lipinski definition) is 2. The van der Waals surface area contributed by atoms with Crippen LogP contribution in [0.4, 0.5) is 11.6 Å². The number of halogens is 1. The van der Waals surface area contributed by atoms with Crippen molar-refractivity contribution >= 4 is 34.3 Å². The molecule has 1 aromatic heterocycles. The molecule has 0 aliphatic carbocycles. The Morgan fingerprint density at radius 3 is 2.56 bits per heavy atom. The Kier molecular flexibility index (Phi) is 2.92. The number of nitrogens with two attached hydrogens (primary N) is 1. The topological polar surface area (TPSA) is 63.8 Å². The second-order valence-electron chi connectivity index (χ2n) is 3.32. The van der Waals surface area contributed by atoms with Gasteiger partial charge in [-0.05, 0) is 12.1 Å². The summed E-state index contributed by atoms with van der Waals surface area (Å²) in [5.74, 6) is 0.886. The maximum absolute atomic E-state index is 5.76. The Bertz CT molecular complexity index is 538. The minimum atomic E-state index is 0.358. The molecule has 0 atom stereocenters. The van der Waals surface area contributed by atoms with E-state index in [2.05, 4.69) is 21.9 Å². The SMILES string of the molecule is C=C(Cl)CNc1nc2ccccc2nc1N.